The molecule has 1 saturated carbocycles. The van der Waals surface area contributed by atoms with Crippen molar-refractivity contribution in [1.29, 1.82) is 0 Å². The average molecular weight is 750 g/mol. The van der Waals surface area contributed by atoms with Gasteiger partial charge in [-0.05, 0) is 140 Å². The molecule has 1 N–H and O–H groups in total. The Morgan fingerprint density at radius 3 is 2.44 bits per heavy atom. The molecule has 5 aromatic rings. The summed E-state index contributed by atoms with van der Waals surface area (Å²) >= 11 is 1.79. The first kappa shape index (κ1) is 35.6. The molecule has 3 fully saturated rings. The number of aryl methyl sites for hydroxylation is 1. The number of ether oxygens (including phenoxy) is 2. The molecule has 3 aromatic heterocycles. The van der Waals surface area contributed by atoms with Crippen molar-refractivity contribution < 1.29 is 28.0 Å². The Kier molecular flexibility index (Phi) is 8.24. The maximum Gasteiger partial charge on any atom is 0.494 e. The van der Waals surface area contributed by atoms with Crippen molar-refractivity contribution in [1.82, 2.24) is 14.5 Å². The maximum atomic E-state index is 16.8. The second-order valence-corrected chi connectivity index (χ2v) is 18.6. The van der Waals surface area contributed by atoms with Crippen LogP contribution in [0, 0.1) is 5.82 Å². The Morgan fingerprint density at radius 2 is 1.74 bits per heavy atom. The van der Waals surface area contributed by atoms with Crippen LogP contribution in [0.3, 0.4) is 0 Å². The molecule has 54 heavy (non-hydrogen) atoms. The molecule has 2 aromatic carbocycles. The molecule has 0 radical (unpaired) electrons. The van der Waals surface area contributed by atoms with Crippen LogP contribution < -0.4 is 10.2 Å². The Morgan fingerprint density at radius 1 is 1.00 bits per heavy atom. The summed E-state index contributed by atoms with van der Waals surface area (Å²) in [6.07, 6.45) is 4.16. The fourth-order valence-electron chi connectivity index (χ4n) is 8.22. The predicted molar refractivity (Wildman–Crippen MR) is 212 cm³/mol. The van der Waals surface area contributed by atoms with E-state index in [0.29, 0.717) is 29.3 Å². The number of halogens is 1. The Hall–Kier alpha value is -4.06. The van der Waals surface area contributed by atoms with Gasteiger partial charge in [-0.15, -0.1) is 11.3 Å². The third kappa shape index (κ3) is 5.98. The van der Waals surface area contributed by atoms with E-state index in [2.05, 4.69) is 86.6 Å². The fraction of sp³-hybridized carbons (Fsp3) is 0.465. The number of hydrogen-bond donors (Lipinski definition) is 1. The summed E-state index contributed by atoms with van der Waals surface area (Å²) < 4.78 is 44.4. The van der Waals surface area contributed by atoms with Crippen LogP contribution in [0.1, 0.15) is 120 Å². The zero-order valence-corrected chi connectivity index (χ0v) is 33.3. The SMILES string of the molecule is CCc1cc(-c2cc(F)c3c(c2)OC(c2ccc(C4CC4)s2)n2c-3cc3cc(B4OC(C)(C)C(C)(C)O4)ccc32)[nH]c1C1CCCN1C(=O)OC(C)(C)C. The number of likely N-dealkylation sites (tertiary alicyclic amines) is 1. The van der Waals surface area contributed by atoms with Gasteiger partial charge in [0.2, 0.25) is 6.23 Å². The lowest BCUT2D eigenvalue weighted by Crippen LogP contribution is -2.41. The third-order valence-corrected chi connectivity index (χ3v) is 13.2. The van der Waals surface area contributed by atoms with Crippen LogP contribution in [0.2, 0.25) is 0 Å². The Bertz CT molecular complexity index is 2280. The van der Waals surface area contributed by atoms with Gasteiger partial charge in [0, 0.05) is 33.8 Å². The van der Waals surface area contributed by atoms with Gasteiger partial charge in [-0.1, -0.05) is 19.1 Å². The standard InChI is InChI=1S/C43H49BFN3O5S/c1-9-24-21-30(46-38(24)32-11-10-18-47(32)40(49)51-41(2,3)4)26-20-29(45)37-33-22-27-19-28(44-52-42(5,6)43(7,8)53-44)14-15-31(27)48(33)39(50-34(37)23-26)36-17-16-35(54-36)25-12-13-25/h14-17,19-23,25,32,39,46H,9-13,18H2,1-8H3. The molecule has 1 amide bonds. The van der Waals surface area contributed by atoms with E-state index in [0.717, 1.165) is 63.2 Å². The molecule has 0 spiro atoms. The number of carbonyl (C=O) groups excluding carboxylic acids is 1. The molecule has 2 saturated heterocycles. The van der Waals surface area contributed by atoms with Crippen LogP contribution in [-0.4, -0.2) is 51.0 Å². The van der Waals surface area contributed by atoms with E-state index in [9.17, 15) is 4.79 Å². The van der Waals surface area contributed by atoms with Gasteiger partial charge in [-0.3, -0.25) is 9.47 Å². The largest absolute Gasteiger partial charge is 0.494 e. The number of H-pyrrole nitrogens is 1. The second-order valence-electron chi connectivity index (χ2n) is 17.4. The highest BCUT2D eigenvalue weighted by Crippen LogP contribution is 2.50. The smallest absolute Gasteiger partial charge is 0.464 e. The van der Waals surface area contributed by atoms with Gasteiger partial charge in [0.05, 0.1) is 38.9 Å². The number of thiophene rings is 1. The summed E-state index contributed by atoms with van der Waals surface area (Å²) in [5.41, 5.74) is 5.17. The van der Waals surface area contributed by atoms with Crippen molar-refractivity contribution in [2.45, 2.75) is 122 Å². The van der Waals surface area contributed by atoms with Crippen LogP contribution >= 0.6 is 11.3 Å². The van der Waals surface area contributed by atoms with E-state index >= 15 is 4.39 Å². The van der Waals surface area contributed by atoms with Crippen molar-refractivity contribution in [2.24, 2.45) is 0 Å². The van der Waals surface area contributed by atoms with Crippen LogP contribution in [0.4, 0.5) is 9.18 Å². The topological polar surface area (TPSA) is 78.0 Å². The van der Waals surface area contributed by atoms with Crippen molar-refractivity contribution in [3.05, 3.63) is 81.4 Å². The highest BCUT2D eigenvalue weighted by atomic mass is 32.1. The number of carbonyl (C=O) groups is 1. The molecule has 3 aliphatic heterocycles. The van der Waals surface area contributed by atoms with Gasteiger partial charge in [-0.2, -0.15) is 0 Å². The number of amides is 1. The summed E-state index contributed by atoms with van der Waals surface area (Å²) in [4.78, 5) is 21.1. The first-order valence-corrected chi connectivity index (χ1v) is 20.2. The van der Waals surface area contributed by atoms with E-state index in [1.165, 1.54) is 17.7 Å². The minimum Gasteiger partial charge on any atom is -0.464 e. The normalized spacial score (nSPS) is 21.7. The van der Waals surface area contributed by atoms with Crippen molar-refractivity contribution >= 4 is 40.9 Å². The van der Waals surface area contributed by atoms with Gasteiger partial charge in [0.1, 0.15) is 17.2 Å². The van der Waals surface area contributed by atoms with E-state index < -0.39 is 30.1 Å². The summed E-state index contributed by atoms with van der Waals surface area (Å²) in [5, 5.41) is 0.966. The number of nitrogens with one attached hydrogen (secondary N) is 1. The molecule has 282 valence electrons. The molecule has 8 nitrogen and oxygen atoms in total. The molecule has 4 aliphatic rings. The predicted octanol–water partition coefficient (Wildman–Crippen LogP) is 10.3. The van der Waals surface area contributed by atoms with E-state index in [4.69, 9.17) is 18.8 Å². The number of aromatic amines is 1. The average Bonchev–Trinajstić information content (AvgIpc) is 3.52. The molecular weight excluding hydrogens is 700 g/mol. The molecule has 0 bridgehead atoms. The van der Waals surface area contributed by atoms with Gasteiger partial charge >= 0.3 is 13.2 Å². The van der Waals surface area contributed by atoms with Gasteiger partial charge in [0.15, 0.2) is 0 Å². The van der Waals surface area contributed by atoms with Crippen molar-refractivity contribution in [2.75, 3.05) is 6.54 Å². The van der Waals surface area contributed by atoms with E-state index in [1.54, 1.807) is 17.4 Å². The third-order valence-electron chi connectivity index (χ3n) is 11.9. The lowest BCUT2D eigenvalue weighted by Gasteiger charge is -2.32. The molecule has 11 heteroatoms. The van der Waals surface area contributed by atoms with Crippen molar-refractivity contribution in [3.63, 3.8) is 0 Å². The fourth-order valence-corrected chi connectivity index (χ4v) is 9.42. The molecular formula is C43H49BFN3O5S. The van der Waals surface area contributed by atoms with Crippen LogP contribution in [0.15, 0.2) is 54.6 Å². The monoisotopic (exact) mass is 749 g/mol. The summed E-state index contributed by atoms with van der Waals surface area (Å²) in [5.74, 6) is 0.766. The summed E-state index contributed by atoms with van der Waals surface area (Å²) in [7, 11) is -0.507. The maximum absolute atomic E-state index is 16.8. The van der Waals surface area contributed by atoms with E-state index in [-0.39, 0.29) is 18.0 Å². The minimum absolute atomic E-state index is 0.135. The zero-order chi connectivity index (χ0) is 37.9. The first-order valence-electron chi connectivity index (χ1n) is 19.4. The number of rotatable bonds is 6. The van der Waals surface area contributed by atoms with Crippen molar-refractivity contribution in [3.8, 4) is 28.3 Å². The van der Waals surface area contributed by atoms with Crippen LogP contribution in [0.25, 0.3) is 33.4 Å². The quantitative estimate of drug-likeness (QED) is 0.175. The lowest BCUT2D eigenvalue weighted by atomic mass is 9.78. The van der Waals surface area contributed by atoms with E-state index in [1.807, 2.05) is 31.7 Å². The zero-order valence-electron chi connectivity index (χ0n) is 32.5. The van der Waals surface area contributed by atoms with Gasteiger partial charge in [-0.25, -0.2) is 9.18 Å². The Labute approximate surface area is 321 Å². The Balaban J connectivity index is 1.12. The summed E-state index contributed by atoms with van der Waals surface area (Å²) in [6.45, 7) is 16.6. The lowest BCUT2D eigenvalue weighted by molar-refractivity contribution is 0.00578. The second kappa shape index (κ2) is 12.5. The molecule has 1 aliphatic carbocycles. The number of fused-ring (bicyclic) bond motifs is 5. The molecule has 9 rings (SSSR count). The first-order chi connectivity index (χ1) is 25.6. The number of nitrogens with zero attached hydrogens (tertiary/aromatic N) is 2. The van der Waals surface area contributed by atoms with Gasteiger partial charge < -0.3 is 23.8 Å². The highest BCUT2D eigenvalue weighted by Gasteiger charge is 2.52. The summed E-state index contributed by atoms with van der Waals surface area (Å²) in [6, 6.07) is 18.2. The number of hydrogen-bond acceptors (Lipinski definition) is 6. The molecule has 2 unspecified atom stereocenters. The number of aromatic nitrogens is 2. The van der Waals surface area contributed by atoms with Gasteiger partial charge in [0.25, 0.3) is 0 Å². The van der Waals surface area contributed by atoms with Crippen LogP contribution in [0.5, 0.6) is 5.75 Å². The minimum atomic E-state index is -0.582. The molecule has 2 atom stereocenters. The molecule has 6 heterocycles. The highest BCUT2D eigenvalue weighted by molar-refractivity contribution is 7.12. The van der Waals surface area contributed by atoms with Crippen LogP contribution in [-0.2, 0) is 20.5 Å². The number of benzene rings is 2.